The Morgan fingerprint density at radius 2 is 1.79 bits per heavy atom. The van der Waals surface area contributed by atoms with Crippen LogP contribution in [0.3, 0.4) is 0 Å². The molecule has 13 nitrogen and oxygen atoms in total. The van der Waals surface area contributed by atoms with E-state index in [1.165, 1.54) is 0 Å². The molecule has 0 aliphatic carbocycles. The van der Waals surface area contributed by atoms with Crippen LogP contribution in [-0.4, -0.2) is 67.6 Å². The molecule has 13 heteroatoms. The molecule has 178 valence electrons. The summed E-state index contributed by atoms with van der Waals surface area (Å²) in [5.74, 6) is -2.84. The third kappa shape index (κ3) is 6.03. The number of carbonyl (C=O) groups excluding carboxylic acids is 1. The number of likely N-dealkylation sites (N-methyl/N-ethyl adjacent to an activating group) is 1. The van der Waals surface area contributed by atoms with Gasteiger partial charge >= 0.3 is 11.9 Å². The van der Waals surface area contributed by atoms with Crippen LogP contribution in [0.25, 0.3) is 11.2 Å². The number of nitrogens with two attached hydrogens (primary N) is 2. The summed E-state index contributed by atoms with van der Waals surface area (Å²) in [6.45, 7) is 0.581. The zero-order valence-electron chi connectivity index (χ0n) is 18.3. The highest BCUT2D eigenvalue weighted by Crippen LogP contribution is 2.17. The van der Waals surface area contributed by atoms with Gasteiger partial charge in [0.25, 0.3) is 5.91 Å². The van der Waals surface area contributed by atoms with Crippen LogP contribution in [0.15, 0.2) is 30.5 Å². The van der Waals surface area contributed by atoms with Gasteiger partial charge in [-0.1, -0.05) is 0 Å². The second-order valence-corrected chi connectivity index (χ2v) is 7.52. The highest BCUT2D eigenvalue weighted by Gasteiger charge is 2.21. The maximum absolute atomic E-state index is 12.4. The van der Waals surface area contributed by atoms with Crippen LogP contribution < -0.4 is 21.7 Å². The van der Waals surface area contributed by atoms with E-state index in [4.69, 9.17) is 16.6 Å². The lowest BCUT2D eigenvalue weighted by molar-refractivity contribution is -0.140. The van der Waals surface area contributed by atoms with Crippen LogP contribution in [0, 0.1) is 0 Å². The van der Waals surface area contributed by atoms with E-state index in [2.05, 4.69) is 25.3 Å². The van der Waals surface area contributed by atoms with Gasteiger partial charge in [-0.3, -0.25) is 9.59 Å². The lowest BCUT2D eigenvalue weighted by atomic mass is 10.1. The van der Waals surface area contributed by atoms with E-state index in [0.29, 0.717) is 29.8 Å². The normalized spacial score (nSPS) is 11.7. The predicted octanol–water partition coefficient (Wildman–Crippen LogP) is 0.311. The molecule has 3 aromatic rings. The fourth-order valence-electron chi connectivity index (χ4n) is 3.15. The minimum atomic E-state index is -1.29. The molecule has 7 N–H and O–H groups in total. The Bertz CT molecular complexity index is 1220. The fourth-order valence-corrected chi connectivity index (χ4v) is 3.15. The summed E-state index contributed by atoms with van der Waals surface area (Å²) < 4.78 is 0. The summed E-state index contributed by atoms with van der Waals surface area (Å²) >= 11 is 0. The molecule has 1 aromatic carbocycles. The zero-order valence-corrected chi connectivity index (χ0v) is 18.3. The van der Waals surface area contributed by atoms with E-state index in [9.17, 15) is 19.5 Å². The van der Waals surface area contributed by atoms with Gasteiger partial charge in [0.15, 0.2) is 17.0 Å². The topological polar surface area (TPSA) is 211 Å². The Hall–Kier alpha value is -4.55. The number of amides is 1. The first-order valence-electron chi connectivity index (χ1n) is 10.3. The van der Waals surface area contributed by atoms with E-state index in [1.54, 1.807) is 30.5 Å². The summed E-state index contributed by atoms with van der Waals surface area (Å²) in [6, 6.07) is 5.29. The van der Waals surface area contributed by atoms with Crippen molar-refractivity contribution in [3.05, 3.63) is 41.7 Å². The van der Waals surface area contributed by atoms with Crippen molar-refractivity contribution in [3.8, 4) is 0 Å². The Morgan fingerprint density at radius 3 is 2.44 bits per heavy atom. The van der Waals surface area contributed by atoms with Gasteiger partial charge in [-0.15, -0.1) is 0 Å². The number of carbonyl (C=O) groups is 3. The number of aliphatic carboxylic acids is 2. The van der Waals surface area contributed by atoms with Crippen LogP contribution >= 0.6 is 0 Å². The first-order chi connectivity index (χ1) is 16.1. The van der Waals surface area contributed by atoms with Gasteiger partial charge in [0, 0.05) is 37.7 Å². The van der Waals surface area contributed by atoms with Gasteiger partial charge in [-0.25, -0.2) is 14.8 Å². The number of nitrogens with zero attached hydrogens (tertiary/aromatic N) is 5. The van der Waals surface area contributed by atoms with Gasteiger partial charge in [0.2, 0.25) is 5.95 Å². The molecule has 1 atom stereocenters. The second kappa shape index (κ2) is 10.4. The molecule has 3 rings (SSSR count). The lowest BCUT2D eigenvalue weighted by Crippen LogP contribution is -2.41. The van der Waals surface area contributed by atoms with Crippen LogP contribution in [0.2, 0.25) is 0 Å². The largest absolute Gasteiger partial charge is 0.481 e. The quantitative estimate of drug-likeness (QED) is 0.272. The van der Waals surface area contributed by atoms with Gasteiger partial charge < -0.3 is 31.9 Å². The highest BCUT2D eigenvalue weighted by atomic mass is 16.4. The number of rotatable bonds is 10. The summed E-state index contributed by atoms with van der Waals surface area (Å²) in [7, 11) is 1.87. The maximum atomic E-state index is 12.4. The van der Waals surface area contributed by atoms with Gasteiger partial charge in [-0.2, -0.15) is 9.97 Å². The number of nitrogen functional groups attached to an aromatic ring is 2. The number of benzene rings is 1. The van der Waals surface area contributed by atoms with Crippen LogP contribution in [-0.2, 0) is 16.0 Å². The molecule has 0 bridgehead atoms. The molecule has 34 heavy (non-hydrogen) atoms. The SMILES string of the molecule is CN(CCc1cnc2nc(N)nc(N)c2n1)c1ccc(C(=O)N[C@@H](CCC(=O)O)C(=O)O)cc1. The molecular weight excluding hydrogens is 444 g/mol. The average Bonchev–Trinajstić information content (AvgIpc) is 2.79. The number of carboxylic acid groups (broad SMARTS) is 2. The molecule has 0 saturated heterocycles. The molecule has 2 aromatic heterocycles. The lowest BCUT2D eigenvalue weighted by Gasteiger charge is -2.19. The molecule has 0 radical (unpaired) electrons. The molecule has 2 heterocycles. The summed E-state index contributed by atoms with van der Waals surface area (Å²) in [6.07, 6.45) is 1.57. The minimum Gasteiger partial charge on any atom is -0.481 e. The monoisotopic (exact) mass is 468 g/mol. The molecule has 0 saturated carbocycles. The first kappa shape index (κ1) is 24.1. The average molecular weight is 468 g/mol. The molecular formula is C21H24N8O5. The van der Waals surface area contributed by atoms with Crippen molar-refractivity contribution < 1.29 is 24.6 Å². The Labute approximate surface area is 193 Å². The number of hydrogen-bond acceptors (Lipinski definition) is 10. The zero-order chi connectivity index (χ0) is 24.8. The standard InChI is InChI=1S/C21H24N8O5/c1-29(9-8-12-10-24-18-16(25-12)17(22)27-21(23)28-18)13-4-2-11(3-5-13)19(32)26-14(20(33)34)6-7-15(30)31/h2-5,10,14H,6-9H2,1H3,(H,26,32)(H,30,31)(H,33,34)(H4,22,23,24,27,28)/t14-/m0/s1. The number of fused-ring (bicyclic) bond motifs is 1. The van der Waals surface area contributed by atoms with E-state index >= 15 is 0 Å². The van der Waals surface area contributed by atoms with E-state index in [0.717, 1.165) is 5.69 Å². The van der Waals surface area contributed by atoms with E-state index in [1.807, 2.05) is 11.9 Å². The summed E-state index contributed by atoms with van der Waals surface area (Å²) in [5, 5.41) is 20.3. The van der Waals surface area contributed by atoms with Crippen molar-refractivity contribution in [2.45, 2.75) is 25.3 Å². The summed E-state index contributed by atoms with van der Waals surface area (Å²) in [5.41, 5.74) is 13.9. The Kier molecular flexibility index (Phi) is 7.36. The van der Waals surface area contributed by atoms with Crippen molar-refractivity contribution in [1.82, 2.24) is 25.3 Å². The van der Waals surface area contributed by atoms with Crippen LogP contribution in [0.1, 0.15) is 28.9 Å². The smallest absolute Gasteiger partial charge is 0.326 e. The molecule has 0 aliphatic rings. The van der Waals surface area contributed by atoms with Gasteiger partial charge in [-0.05, 0) is 30.7 Å². The number of hydrogen-bond donors (Lipinski definition) is 5. The van der Waals surface area contributed by atoms with Crippen LogP contribution in [0.4, 0.5) is 17.5 Å². The maximum Gasteiger partial charge on any atom is 0.326 e. The third-order valence-electron chi connectivity index (χ3n) is 5.03. The molecule has 0 unspecified atom stereocenters. The molecule has 0 fully saturated rings. The first-order valence-corrected chi connectivity index (χ1v) is 10.3. The van der Waals surface area contributed by atoms with Crippen molar-refractivity contribution >= 4 is 46.5 Å². The number of carboxylic acids is 2. The second-order valence-electron chi connectivity index (χ2n) is 7.52. The van der Waals surface area contributed by atoms with Gasteiger partial charge in [0.05, 0.1) is 11.9 Å². The van der Waals surface area contributed by atoms with E-state index in [-0.39, 0.29) is 30.2 Å². The molecule has 0 spiro atoms. The summed E-state index contributed by atoms with van der Waals surface area (Å²) in [4.78, 5) is 52.9. The molecule has 1 amide bonds. The van der Waals surface area contributed by atoms with E-state index < -0.39 is 23.9 Å². The molecule has 0 aliphatic heterocycles. The van der Waals surface area contributed by atoms with Crippen molar-refractivity contribution in [2.75, 3.05) is 30.0 Å². The third-order valence-corrected chi connectivity index (χ3v) is 5.03. The number of aromatic nitrogens is 4. The van der Waals surface area contributed by atoms with Crippen molar-refractivity contribution in [1.29, 1.82) is 0 Å². The van der Waals surface area contributed by atoms with Crippen molar-refractivity contribution in [3.63, 3.8) is 0 Å². The fraction of sp³-hybridized carbons (Fsp3) is 0.286. The number of nitrogens with one attached hydrogen (secondary N) is 1. The van der Waals surface area contributed by atoms with Gasteiger partial charge in [0.1, 0.15) is 6.04 Å². The van der Waals surface area contributed by atoms with Crippen molar-refractivity contribution in [2.24, 2.45) is 0 Å². The van der Waals surface area contributed by atoms with Crippen LogP contribution in [0.5, 0.6) is 0 Å². The Morgan fingerprint density at radius 1 is 1.09 bits per heavy atom. The highest BCUT2D eigenvalue weighted by molar-refractivity contribution is 5.97. The minimum absolute atomic E-state index is 0.0302. The Balaban J connectivity index is 1.60. The number of anilines is 3. The predicted molar refractivity (Wildman–Crippen MR) is 123 cm³/mol.